The number of anilines is 1. The monoisotopic (exact) mass is 1020 g/mol. The number of nitrogens with zero attached hydrogens (tertiary/aromatic N) is 1. The molecule has 18 nitrogen and oxygen atoms in total. The molecule has 0 radical (unpaired) electrons. The van der Waals surface area contributed by atoms with Crippen LogP contribution in [-0.2, 0) is 57.1 Å². The van der Waals surface area contributed by atoms with Crippen LogP contribution in [0.1, 0.15) is 125 Å². The van der Waals surface area contributed by atoms with Crippen LogP contribution in [-0.4, -0.2) is 146 Å². The third-order valence-electron chi connectivity index (χ3n) is 15.6. The van der Waals surface area contributed by atoms with Crippen LogP contribution in [0.25, 0.3) is 0 Å². The van der Waals surface area contributed by atoms with Gasteiger partial charge in [-0.3, -0.25) is 19.7 Å². The van der Waals surface area contributed by atoms with Gasteiger partial charge in [-0.15, -0.1) is 0 Å². The van der Waals surface area contributed by atoms with E-state index in [0.717, 1.165) is 12.0 Å². The largest absolute Gasteiger partial charge is 0.479 e. The fourth-order valence-electron chi connectivity index (χ4n) is 11.4. The highest BCUT2D eigenvalue weighted by atomic mass is 16.7. The Bertz CT molecular complexity index is 2150. The number of fused-ring (bicyclic) bond motifs is 3. The molecule has 2 unspecified atom stereocenters. The SMILES string of the molecule is CCC[C@@H]1/C=C(\C)C[C@H](C)C[C@H](OC)C2O[C@@](O)(C(=O)C(=O)N3CCCC[C@H]3C(=O)O[C@H](/C(C)=C/[C@@H]3CC[C@@H](OC(=O)Nc4ccc(OC5CCOC5=O)cc4)[C@H](OC)C3)[C@H](C)[C@@H](O)CC1=O)[C@H](C)C[C@@H]2OC. The topological polar surface area (TPSA) is 232 Å². The molecule has 2 amide bonds. The van der Waals surface area contributed by atoms with Crippen LogP contribution in [0, 0.1) is 29.6 Å². The number of carbonyl (C=O) groups excluding carboxylic acids is 6. The van der Waals surface area contributed by atoms with Crippen LogP contribution in [0.4, 0.5) is 10.5 Å². The fraction of sp³-hybridized carbons (Fsp3) is 0.709. The van der Waals surface area contributed by atoms with Gasteiger partial charge in [-0.1, -0.05) is 51.8 Å². The van der Waals surface area contributed by atoms with E-state index < -0.39 is 108 Å². The van der Waals surface area contributed by atoms with Gasteiger partial charge in [-0.05, 0) is 120 Å². The molecule has 4 aliphatic heterocycles. The minimum Gasteiger partial charge on any atom is -0.479 e. The summed E-state index contributed by atoms with van der Waals surface area (Å²) in [5.74, 6) is -7.95. The molecule has 73 heavy (non-hydrogen) atoms. The summed E-state index contributed by atoms with van der Waals surface area (Å²) in [5.41, 5.74) is 2.04. The van der Waals surface area contributed by atoms with E-state index in [-0.39, 0.29) is 43.4 Å². The summed E-state index contributed by atoms with van der Waals surface area (Å²) in [6.07, 6.45) is 2.59. The number of hydrogen-bond acceptors (Lipinski definition) is 16. The number of nitrogens with one attached hydrogen (secondary N) is 1. The van der Waals surface area contributed by atoms with E-state index in [9.17, 15) is 39.0 Å². The average molecular weight is 1030 g/mol. The van der Waals surface area contributed by atoms with Gasteiger partial charge in [0, 0.05) is 64.2 Å². The number of ketones is 2. The Labute approximate surface area is 430 Å². The molecular formula is C55H80N2O16. The molecule has 15 atom stereocenters. The summed E-state index contributed by atoms with van der Waals surface area (Å²) in [6.45, 7) is 11.5. The normalized spacial score (nSPS) is 36.4. The van der Waals surface area contributed by atoms with E-state index >= 15 is 0 Å². The summed E-state index contributed by atoms with van der Waals surface area (Å²) in [5, 5.41) is 26.8. The molecule has 4 fully saturated rings. The Kier molecular flexibility index (Phi) is 20.6. The molecule has 0 spiro atoms. The number of ether oxygens (including phenoxy) is 8. The lowest BCUT2D eigenvalue weighted by molar-refractivity contribution is -0.302. The highest BCUT2D eigenvalue weighted by molar-refractivity contribution is 6.39. The van der Waals surface area contributed by atoms with Crippen LogP contribution in [0.5, 0.6) is 5.75 Å². The molecule has 5 aliphatic rings. The number of aliphatic hydroxyl groups excluding tert-OH is 1. The molecule has 1 aromatic carbocycles. The third kappa shape index (κ3) is 14.4. The van der Waals surface area contributed by atoms with Gasteiger partial charge in [-0.25, -0.2) is 14.4 Å². The quantitative estimate of drug-likeness (QED) is 0.0894. The predicted octanol–water partition coefficient (Wildman–Crippen LogP) is 6.81. The molecule has 18 heteroatoms. The van der Waals surface area contributed by atoms with Crippen LogP contribution >= 0.6 is 0 Å². The molecule has 1 aromatic rings. The maximum atomic E-state index is 14.6. The van der Waals surface area contributed by atoms with Crippen molar-refractivity contribution in [2.24, 2.45) is 29.6 Å². The molecule has 1 aliphatic carbocycles. The van der Waals surface area contributed by atoms with Gasteiger partial charge in [-0.2, -0.15) is 0 Å². The standard InChI is InChI=1S/C55H80N2O16/c1-10-13-37-25-31(2)24-32(3)26-46(67-8)49-47(68-9)28-34(5)55(65,73-49)50(60)51(61)57-22-12-11-14-40(57)52(62)72-48(35(6)41(58)30-42(37)59)33(4)27-36-15-20-43(45(29-36)66-7)71-54(64)56-38-16-18-39(19-17-38)70-44-21-23-69-53(44)63/h16-19,25,27,32,34-37,40-41,43-49,58,65H,10-15,20-24,26,28-30H2,1-9H3,(H,56,64)/b31-25+,33-27+/t32-,34+,35+,36-,37+,40-,41-,43+,44?,45+,46-,47-,48+,49?,55+/m0/s1. The van der Waals surface area contributed by atoms with Crippen molar-refractivity contribution in [1.82, 2.24) is 4.90 Å². The zero-order valence-electron chi connectivity index (χ0n) is 44.2. The molecule has 2 bridgehead atoms. The number of Topliss-reactive ketones (excluding diaryl/α,β-unsaturated/α-hetero) is 2. The maximum Gasteiger partial charge on any atom is 0.411 e. The number of cyclic esters (lactones) is 2. The van der Waals surface area contributed by atoms with Crippen molar-refractivity contribution in [3.05, 3.63) is 47.6 Å². The lowest BCUT2D eigenvalue weighted by atomic mass is 9.81. The number of aliphatic hydroxyl groups is 2. The predicted molar refractivity (Wildman–Crippen MR) is 267 cm³/mol. The fourth-order valence-corrected chi connectivity index (χ4v) is 11.4. The van der Waals surface area contributed by atoms with E-state index in [1.807, 2.05) is 32.9 Å². The Morgan fingerprint density at radius 2 is 1.58 bits per heavy atom. The number of esters is 2. The summed E-state index contributed by atoms with van der Waals surface area (Å²) in [6, 6.07) is 5.36. The maximum absolute atomic E-state index is 14.6. The number of hydrogen-bond donors (Lipinski definition) is 3. The molecule has 1 saturated carbocycles. The minimum absolute atomic E-state index is 0.00169. The number of allylic oxidation sites excluding steroid dienone is 3. The number of rotatable bonds is 11. The number of amides is 2. The molecule has 406 valence electrons. The Hall–Kier alpha value is -4.72. The molecule has 6 rings (SSSR count). The highest BCUT2D eigenvalue weighted by Crippen LogP contribution is 2.40. The van der Waals surface area contributed by atoms with Crippen molar-refractivity contribution in [2.75, 3.05) is 39.8 Å². The van der Waals surface area contributed by atoms with Crippen LogP contribution in [0.2, 0.25) is 0 Å². The van der Waals surface area contributed by atoms with E-state index in [1.54, 1.807) is 52.1 Å². The van der Waals surface area contributed by atoms with Crippen molar-refractivity contribution in [3.8, 4) is 5.75 Å². The summed E-state index contributed by atoms with van der Waals surface area (Å²) >= 11 is 0. The zero-order valence-corrected chi connectivity index (χ0v) is 44.2. The van der Waals surface area contributed by atoms with E-state index in [4.69, 9.17) is 37.9 Å². The second-order valence-corrected chi connectivity index (χ2v) is 21.1. The minimum atomic E-state index is -2.54. The summed E-state index contributed by atoms with van der Waals surface area (Å²) in [4.78, 5) is 83.7. The molecular weight excluding hydrogens is 945 g/mol. The van der Waals surface area contributed by atoms with Crippen molar-refractivity contribution in [2.45, 2.75) is 186 Å². The van der Waals surface area contributed by atoms with Crippen molar-refractivity contribution in [3.63, 3.8) is 0 Å². The van der Waals surface area contributed by atoms with Crippen LogP contribution in [0.15, 0.2) is 47.6 Å². The number of methoxy groups -OCH3 is 3. The third-order valence-corrected chi connectivity index (χ3v) is 15.6. The zero-order chi connectivity index (χ0) is 53.1. The number of carbonyl (C=O) groups is 6. The number of benzene rings is 1. The van der Waals surface area contributed by atoms with Gasteiger partial charge >= 0.3 is 18.0 Å². The Morgan fingerprint density at radius 3 is 2.23 bits per heavy atom. The smallest absolute Gasteiger partial charge is 0.411 e. The van der Waals surface area contributed by atoms with E-state index in [2.05, 4.69) is 5.32 Å². The summed E-state index contributed by atoms with van der Waals surface area (Å²) in [7, 11) is 4.59. The Balaban J connectivity index is 1.24. The second kappa shape index (κ2) is 26.2. The lowest BCUT2D eigenvalue weighted by Crippen LogP contribution is -2.64. The first kappa shape index (κ1) is 57.6. The van der Waals surface area contributed by atoms with Gasteiger partial charge in [0.1, 0.15) is 35.9 Å². The lowest BCUT2D eigenvalue weighted by Gasteiger charge is -2.47. The Morgan fingerprint density at radius 1 is 0.877 bits per heavy atom. The van der Waals surface area contributed by atoms with Crippen molar-refractivity contribution < 1.29 is 76.9 Å². The summed E-state index contributed by atoms with van der Waals surface area (Å²) < 4.78 is 46.9. The average Bonchev–Trinajstić information content (AvgIpc) is 3.78. The molecule has 0 aromatic heterocycles. The van der Waals surface area contributed by atoms with Crippen LogP contribution in [0.3, 0.4) is 0 Å². The van der Waals surface area contributed by atoms with Crippen molar-refractivity contribution >= 4 is 41.2 Å². The van der Waals surface area contributed by atoms with Gasteiger partial charge in [0.05, 0.1) is 31.0 Å². The molecule has 4 heterocycles. The van der Waals surface area contributed by atoms with Crippen molar-refractivity contribution in [1.29, 1.82) is 0 Å². The van der Waals surface area contributed by atoms with Gasteiger partial charge in [0.25, 0.3) is 11.7 Å². The first-order valence-corrected chi connectivity index (χ1v) is 26.3. The molecule has 3 saturated heterocycles. The second-order valence-electron chi connectivity index (χ2n) is 21.1. The number of piperidine rings is 1. The first-order valence-electron chi connectivity index (χ1n) is 26.3. The van der Waals surface area contributed by atoms with Gasteiger partial charge in [0.2, 0.25) is 5.79 Å². The van der Waals surface area contributed by atoms with E-state index in [1.165, 1.54) is 19.1 Å². The van der Waals surface area contributed by atoms with E-state index in [0.29, 0.717) is 81.4 Å². The first-order chi connectivity index (χ1) is 34.8. The molecule has 3 N–H and O–H groups in total. The highest BCUT2D eigenvalue weighted by Gasteiger charge is 2.56. The van der Waals surface area contributed by atoms with Crippen LogP contribution < -0.4 is 10.1 Å². The van der Waals surface area contributed by atoms with Gasteiger partial charge < -0.3 is 53.0 Å². The van der Waals surface area contributed by atoms with Gasteiger partial charge in [0.15, 0.2) is 6.10 Å².